The maximum absolute atomic E-state index is 13.1. The standard InChI is InChI=1S/C26H26F3N7O/c1-15-7-8-18(35-21(37)11-16-4-2-5-17(10-16)26(27,28)29)12-20(15)36-24-19(6-3-9-30-24)22-23-25(33-13-31-22)34-14-32-23/h3,6-9,12-14,16-17H,2,4-5,10-11H2,1H3,(H,30,36)(H,35,37)(H,31,32,33,34). The largest absolute Gasteiger partial charge is 0.391 e. The molecule has 37 heavy (non-hydrogen) atoms. The number of hydrogen-bond donors (Lipinski definition) is 3. The summed E-state index contributed by atoms with van der Waals surface area (Å²) in [5.41, 5.74) is 4.77. The lowest BCUT2D eigenvalue weighted by molar-refractivity contribution is -0.186. The van der Waals surface area contributed by atoms with Crippen LogP contribution in [0, 0.1) is 18.8 Å². The molecule has 192 valence electrons. The first-order chi connectivity index (χ1) is 17.8. The van der Waals surface area contributed by atoms with E-state index in [0.717, 1.165) is 16.8 Å². The number of H-pyrrole nitrogens is 1. The number of hydrogen-bond acceptors (Lipinski definition) is 6. The zero-order valence-corrected chi connectivity index (χ0v) is 20.1. The molecule has 1 saturated carbocycles. The van der Waals surface area contributed by atoms with E-state index in [4.69, 9.17) is 0 Å². The SMILES string of the molecule is Cc1ccc(NC(=O)CC2CCCC(C(F)(F)F)C2)cc1Nc1ncccc1-c1ncnc2[nH]cnc12. The van der Waals surface area contributed by atoms with E-state index >= 15 is 0 Å². The number of aromatic amines is 1. The minimum absolute atomic E-state index is 0.00634. The molecule has 8 nitrogen and oxygen atoms in total. The number of nitrogens with zero attached hydrogens (tertiary/aromatic N) is 4. The van der Waals surface area contributed by atoms with Gasteiger partial charge in [-0.2, -0.15) is 13.2 Å². The van der Waals surface area contributed by atoms with Gasteiger partial charge in [0.05, 0.1) is 12.2 Å². The Morgan fingerprint density at radius 3 is 2.84 bits per heavy atom. The van der Waals surface area contributed by atoms with E-state index in [1.807, 2.05) is 19.1 Å². The molecule has 3 N–H and O–H groups in total. The Hall–Kier alpha value is -4.02. The molecule has 0 bridgehead atoms. The van der Waals surface area contributed by atoms with E-state index in [1.165, 1.54) is 6.33 Å². The van der Waals surface area contributed by atoms with Gasteiger partial charge in [0.1, 0.15) is 23.4 Å². The number of aryl methyl sites for hydroxylation is 1. The topological polar surface area (TPSA) is 108 Å². The highest BCUT2D eigenvalue weighted by atomic mass is 19.4. The fraction of sp³-hybridized carbons (Fsp3) is 0.346. The van der Waals surface area contributed by atoms with Gasteiger partial charge in [0.25, 0.3) is 0 Å². The molecule has 2 atom stereocenters. The van der Waals surface area contributed by atoms with Crippen molar-refractivity contribution in [3.8, 4) is 11.3 Å². The number of fused-ring (bicyclic) bond motifs is 1. The number of carbonyl (C=O) groups excluding carboxylic acids is 1. The number of benzene rings is 1. The van der Waals surface area contributed by atoms with Gasteiger partial charge < -0.3 is 15.6 Å². The lowest BCUT2D eigenvalue weighted by Gasteiger charge is -2.30. The summed E-state index contributed by atoms with van der Waals surface area (Å²) in [5, 5.41) is 6.18. The Morgan fingerprint density at radius 2 is 2.00 bits per heavy atom. The van der Waals surface area contributed by atoms with Crippen LogP contribution in [0.25, 0.3) is 22.4 Å². The second-order valence-corrected chi connectivity index (χ2v) is 9.40. The molecule has 0 radical (unpaired) electrons. The molecule has 0 aliphatic heterocycles. The number of anilines is 3. The van der Waals surface area contributed by atoms with Crippen LogP contribution in [0.3, 0.4) is 0 Å². The number of alkyl halides is 3. The smallest absolute Gasteiger partial charge is 0.339 e. The number of halogens is 3. The minimum Gasteiger partial charge on any atom is -0.339 e. The molecule has 2 unspecified atom stereocenters. The van der Waals surface area contributed by atoms with Crippen molar-refractivity contribution >= 4 is 34.3 Å². The summed E-state index contributed by atoms with van der Waals surface area (Å²) in [4.78, 5) is 33.1. The average molecular weight is 510 g/mol. The van der Waals surface area contributed by atoms with Crippen LogP contribution in [0.15, 0.2) is 49.2 Å². The molecular weight excluding hydrogens is 483 g/mol. The number of imidazole rings is 1. The Kier molecular flexibility index (Phi) is 6.77. The first-order valence-corrected chi connectivity index (χ1v) is 12.1. The summed E-state index contributed by atoms with van der Waals surface area (Å²) in [6, 6.07) is 9.10. The Bertz CT molecular complexity index is 1420. The van der Waals surface area contributed by atoms with Crippen molar-refractivity contribution < 1.29 is 18.0 Å². The fourth-order valence-electron chi connectivity index (χ4n) is 4.87. The van der Waals surface area contributed by atoms with Crippen molar-refractivity contribution in [1.82, 2.24) is 24.9 Å². The van der Waals surface area contributed by atoms with E-state index < -0.39 is 12.1 Å². The van der Waals surface area contributed by atoms with E-state index in [9.17, 15) is 18.0 Å². The summed E-state index contributed by atoms with van der Waals surface area (Å²) in [6.45, 7) is 1.92. The van der Waals surface area contributed by atoms with E-state index in [2.05, 4.69) is 35.6 Å². The van der Waals surface area contributed by atoms with Crippen LogP contribution in [-0.2, 0) is 4.79 Å². The van der Waals surface area contributed by atoms with Gasteiger partial charge in [-0.15, -0.1) is 0 Å². The molecule has 0 saturated heterocycles. The molecule has 4 aromatic rings. The van der Waals surface area contributed by atoms with Gasteiger partial charge in [0, 0.05) is 29.6 Å². The second kappa shape index (κ2) is 10.2. The first kappa shape index (κ1) is 24.7. The zero-order valence-electron chi connectivity index (χ0n) is 20.1. The second-order valence-electron chi connectivity index (χ2n) is 9.40. The number of amides is 1. The minimum atomic E-state index is -4.20. The van der Waals surface area contributed by atoms with E-state index in [1.54, 1.807) is 30.7 Å². The van der Waals surface area contributed by atoms with Gasteiger partial charge in [0.2, 0.25) is 5.91 Å². The third-order valence-electron chi connectivity index (χ3n) is 6.77. The first-order valence-electron chi connectivity index (χ1n) is 12.1. The predicted octanol–water partition coefficient (Wildman–Crippen LogP) is 6.16. The number of carbonyl (C=O) groups is 1. The molecule has 1 aromatic carbocycles. The maximum Gasteiger partial charge on any atom is 0.391 e. The number of aromatic nitrogens is 5. The zero-order chi connectivity index (χ0) is 26.0. The summed E-state index contributed by atoms with van der Waals surface area (Å²) >= 11 is 0. The summed E-state index contributed by atoms with van der Waals surface area (Å²) in [7, 11) is 0. The Labute approximate surface area is 211 Å². The maximum atomic E-state index is 13.1. The Balaban J connectivity index is 1.32. The van der Waals surface area contributed by atoms with E-state index in [-0.39, 0.29) is 31.1 Å². The molecule has 3 aromatic heterocycles. The lowest BCUT2D eigenvalue weighted by Crippen LogP contribution is -2.30. The molecule has 1 fully saturated rings. The molecule has 3 heterocycles. The highest BCUT2D eigenvalue weighted by molar-refractivity contribution is 5.93. The molecule has 1 amide bonds. The number of rotatable bonds is 6. The van der Waals surface area contributed by atoms with Crippen LogP contribution < -0.4 is 10.6 Å². The molecule has 1 aliphatic rings. The van der Waals surface area contributed by atoms with Crippen molar-refractivity contribution in [2.24, 2.45) is 11.8 Å². The van der Waals surface area contributed by atoms with Crippen LogP contribution in [0.5, 0.6) is 0 Å². The van der Waals surface area contributed by atoms with Crippen molar-refractivity contribution in [3.63, 3.8) is 0 Å². The van der Waals surface area contributed by atoms with Gasteiger partial charge >= 0.3 is 6.18 Å². The van der Waals surface area contributed by atoms with E-state index in [0.29, 0.717) is 41.2 Å². The van der Waals surface area contributed by atoms with Crippen LogP contribution >= 0.6 is 0 Å². The normalized spacial score (nSPS) is 18.1. The summed E-state index contributed by atoms with van der Waals surface area (Å²) in [6.07, 6.45) is 1.81. The van der Waals surface area contributed by atoms with Crippen LogP contribution in [-0.4, -0.2) is 37.0 Å². The summed E-state index contributed by atoms with van der Waals surface area (Å²) in [5.74, 6) is -1.33. The van der Waals surface area contributed by atoms with Crippen LogP contribution in [0.2, 0.25) is 0 Å². The molecular formula is C26H26F3N7O. The third-order valence-corrected chi connectivity index (χ3v) is 6.77. The van der Waals surface area contributed by atoms with Gasteiger partial charge in [-0.05, 0) is 61.9 Å². The highest BCUT2D eigenvalue weighted by Gasteiger charge is 2.42. The molecule has 1 aliphatic carbocycles. The van der Waals surface area contributed by atoms with Crippen molar-refractivity contribution in [1.29, 1.82) is 0 Å². The predicted molar refractivity (Wildman–Crippen MR) is 134 cm³/mol. The lowest BCUT2D eigenvalue weighted by atomic mass is 9.79. The number of nitrogens with one attached hydrogen (secondary N) is 3. The van der Waals surface area contributed by atoms with Crippen molar-refractivity contribution in [2.75, 3.05) is 10.6 Å². The van der Waals surface area contributed by atoms with Gasteiger partial charge in [-0.1, -0.05) is 12.5 Å². The van der Waals surface area contributed by atoms with Gasteiger partial charge in [-0.3, -0.25) is 4.79 Å². The van der Waals surface area contributed by atoms with Crippen LogP contribution in [0.4, 0.5) is 30.4 Å². The highest BCUT2D eigenvalue weighted by Crippen LogP contribution is 2.41. The fourth-order valence-corrected chi connectivity index (χ4v) is 4.87. The Morgan fingerprint density at radius 1 is 1.14 bits per heavy atom. The summed E-state index contributed by atoms with van der Waals surface area (Å²) < 4.78 is 39.4. The quantitative estimate of drug-likeness (QED) is 0.287. The third kappa shape index (κ3) is 5.55. The molecule has 11 heteroatoms. The average Bonchev–Trinajstić information content (AvgIpc) is 3.35. The van der Waals surface area contributed by atoms with Crippen molar-refractivity contribution in [3.05, 3.63) is 54.7 Å². The van der Waals surface area contributed by atoms with Crippen molar-refractivity contribution in [2.45, 2.75) is 45.2 Å². The monoisotopic (exact) mass is 509 g/mol. The molecule has 5 rings (SSSR count). The van der Waals surface area contributed by atoms with Crippen LogP contribution in [0.1, 0.15) is 37.7 Å². The van der Waals surface area contributed by atoms with Gasteiger partial charge in [0.15, 0.2) is 5.65 Å². The number of pyridine rings is 1. The van der Waals surface area contributed by atoms with Gasteiger partial charge in [-0.25, -0.2) is 19.9 Å². The molecule has 0 spiro atoms.